The van der Waals surface area contributed by atoms with Crippen LogP contribution >= 0.6 is 31.9 Å². The van der Waals surface area contributed by atoms with E-state index >= 15 is 0 Å². The number of nitrogens with zero attached hydrogens (tertiary/aromatic N) is 1. The minimum Gasteiger partial charge on any atom is -0.481 e. The molecule has 0 aliphatic carbocycles. The summed E-state index contributed by atoms with van der Waals surface area (Å²) in [4.78, 5) is 23.1. The van der Waals surface area contributed by atoms with Gasteiger partial charge in [0, 0.05) is 9.86 Å². The van der Waals surface area contributed by atoms with Crippen LogP contribution in [-0.4, -0.2) is 37.5 Å². The molecule has 0 spiro atoms. The van der Waals surface area contributed by atoms with E-state index in [0.29, 0.717) is 31.1 Å². The Balaban J connectivity index is 2.65. The predicted octanol–water partition coefficient (Wildman–Crippen LogP) is 2.93. The van der Waals surface area contributed by atoms with Crippen molar-refractivity contribution in [2.24, 2.45) is 11.3 Å². The lowest BCUT2D eigenvalue weighted by molar-refractivity contribution is -0.160. The third kappa shape index (κ3) is 3.07. The molecule has 0 saturated carbocycles. The number of aliphatic carboxylic acids is 2. The molecule has 2 unspecified atom stereocenters. The summed E-state index contributed by atoms with van der Waals surface area (Å²) < 4.78 is 1.14. The van der Waals surface area contributed by atoms with Crippen molar-refractivity contribution in [3.8, 4) is 0 Å². The molecule has 24 heavy (non-hydrogen) atoms. The number of halogens is 2. The van der Waals surface area contributed by atoms with E-state index in [2.05, 4.69) is 42.1 Å². The summed E-state index contributed by atoms with van der Waals surface area (Å²) in [6.45, 7) is 2.45. The molecule has 0 aliphatic heterocycles. The van der Waals surface area contributed by atoms with Gasteiger partial charge in [0.15, 0.2) is 0 Å². The van der Waals surface area contributed by atoms with E-state index in [1.807, 2.05) is 0 Å². The van der Waals surface area contributed by atoms with E-state index < -0.39 is 23.3 Å². The second-order valence-corrected chi connectivity index (χ2v) is 7.48. The smallest absolute Gasteiger partial charge is 0.310 e. The fourth-order valence-corrected chi connectivity index (χ4v) is 3.75. The molecule has 0 radical (unpaired) electrons. The highest BCUT2D eigenvalue weighted by Gasteiger charge is 2.43. The number of aliphatic hydroxyl groups is 1. The monoisotopic (exact) mass is 462 g/mol. The van der Waals surface area contributed by atoms with Crippen molar-refractivity contribution in [3.05, 3.63) is 26.3 Å². The second-order valence-electron chi connectivity index (χ2n) is 5.88. The number of nitrogens with one attached hydrogen (secondary N) is 1. The Morgan fingerprint density at radius 3 is 2.50 bits per heavy atom. The van der Waals surface area contributed by atoms with E-state index in [-0.39, 0.29) is 13.0 Å². The number of aromatic nitrogens is 2. The van der Waals surface area contributed by atoms with Gasteiger partial charge in [0.25, 0.3) is 0 Å². The number of hydrogen-bond donors (Lipinski definition) is 4. The summed E-state index contributed by atoms with van der Waals surface area (Å²) in [5.41, 5.74) is 0.202. The molecule has 1 heterocycles. The number of H-pyrrole nitrogens is 1. The molecule has 1 aromatic heterocycles. The van der Waals surface area contributed by atoms with Gasteiger partial charge in [0.1, 0.15) is 4.60 Å². The molecule has 0 aliphatic rings. The lowest BCUT2D eigenvalue weighted by Crippen LogP contribution is -2.40. The van der Waals surface area contributed by atoms with Gasteiger partial charge in [-0.2, -0.15) is 5.10 Å². The molecule has 2 aromatic rings. The van der Waals surface area contributed by atoms with Gasteiger partial charge in [-0.25, -0.2) is 0 Å². The van der Waals surface area contributed by atoms with Gasteiger partial charge in [-0.05, 0) is 62.4 Å². The van der Waals surface area contributed by atoms with Crippen LogP contribution in [0, 0.1) is 11.3 Å². The van der Waals surface area contributed by atoms with Gasteiger partial charge in [-0.1, -0.05) is 6.92 Å². The van der Waals surface area contributed by atoms with Crippen LogP contribution in [0.4, 0.5) is 0 Å². The third-order valence-electron chi connectivity index (χ3n) is 4.48. The van der Waals surface area contributed by atoms with Crippen LogP contribution in [0.15, 0.2) is 15.1 Å². The number of fused-ring (bicyclic) bond motifs is 1. The number of rotatable bonds is 6. The molecule has 0 fully saturated rings. The Kier molecular flexibility index (Phi) is 5.36. The lowest BCUT2D eigenvalue weighted by atomic mass is 9.72. The SMILES string of the molecule is CC(C(=O)O)C(C)(Cc1cc(Br)c2[nH]nc(Br)c2c1CO)C(=O)O. The van der Waals surface area contributed by atoms with Gasteiger partial charge in [0.2, 0.25) is 0 Å². The van der Waals surface area contributed by atoms with E-state index in [0.717, 1.165) is 0 Å². The Bertz CT molecular complexity index is 820. The van der Waals surface area contributed by atoms with Gasteiger partial charge in [-0.3, -0.25) is 14.7 Å². The van der Waals surface area contributed by atoms with E-state index in [1.54, 1.807) is 6.07 Å². The standard InChI is InChI=1S/C15H16Br2N2O5/c1-6(13(21)22)15(2,14(23)24)4-7-3-9(16)11-10(8(7)5-20)12(17)19-18-11/h3,6,20H,4-5H2,1-2H3,(H,18,19)(H,21,22)(H,23,24). The number of benzene rings is 1. The molecule has 2 atom stereocenters. The first-order valence-electron chi connectivity index (χ1n) is 7.04. The van der Waals surface area contributed by atoms with Crippen molar-refractivity contribution in [1.29, 1.82) is 0 Å². The molecule has 7 nitrogen and oxygen atoms in total. The first-order valence-corrected chi connectivity index (χ1v) is 8.63. The molecule has 2 rings (SSSR count). The molecule has 9 heteroatoms. The predicted molar refractivity (Wildman–Crippen MR) is 93.7 cm³/mol. The van der Waals surface area contributed by atoms with E-state index in [9.17, 15) is 24.9 Å². The zero-order valence-electron chi connectivity index (χ0n) is 12.9. The Morgan fingerprint density at radius 2 is 2.00 bits per heavy atom. The van der Waals surface area contributed by atoms with Crippen LogP contribution < -0.4 is 0 Å². The maximum absolute atomic E-state index is 11.8. The zero-order chi connectivity index (χ0) is 18.2. The molecule has 0 saturated heterocycles. The number of aromatic amines is 1. The van der Waals surface area contributed by atoms with Gasteiger partial charge < -0.3 is 15.3 Å². The number of hydrogen-bond acceptors (Lipinski definition) is 4. The fraction of sp³-hybridized carbons (Fsp3) is 0.400. The van der Waals surface area contributed by atoms with Crippen LogP contribution in [0.1, 0.15) is 25.0 Å². The van der Waals surface area contributed by atoms with Crippen LogP contribution in [-0.2, 0) is 22.6 Å². The van der Waals surface area contributed by atoms with Crippen molar-refractivity contribution in [3.63, 3.8) is 0 Å². The molecular formula is C15H16Br2N2O5. The Hall–Kier alpha value is -1.45. The molecule has 0 bridgehead atoms. The summed E-state index contributed by atoms with van der Waals surface area (Å²) in [6, 6.07) is 1.69. The van der Waals surface area contributed by atoms with Crippen LogP contribution in [0.2, 0.25) is 0 Å². The number of aliphatic hydroxyl groups excluding tert-OH is 1. The first-order chi connectivity index (χ1) is 11.1. The highest BCUT2D eigenvalue weighted by Crippen LogP contribution is 2.38. The van der Waals surface area contributed by atoms with Crippen molar-refractivity contribution in [1.82, 2.24) is 10.2 Å². The topological polar surface area (TPSA) is 124 Å². The fourth-order valence-electron chi connectivity index (χ4n) is 2.66. The van der Waals surface area contributed by atoms with Crippen LogP contribution in [0.3, 0.4) is 0 Å². The lowest BCUT2D eigenvalue weighted by Gasteiger charge is -2.29. The molecule has 0 amide bonds. The average Bonchev–Trinajstić information content (AvgIpc) is 2.89. The maximum Gasteiger partial charge on any atom is 0.310 e. The number of carboxylic acid groups (broad SMARTS) is 2. The molecule has 4 N–H and O–H groups in total. The van der Waals surface area contributed by atoms with E-state index in [1.165, 1.54) is 13.8 Å². The maximum atomic E-state index is 11.8. The molecular weight excluding hydrogens is 448 g/mol. The summed E-state index contributed by atoms with van der Waals surface area (Å²) in [7, 11) is 0. The average molecular weight is 464 g/mol. The molecule has 130 valence electrons. The normalized spacial score (nSPS) is 15.2. The molecule has 1 aromatic carbocycles. The van der Waals surface area contributed by atoms with Crippen molar-refractivity contribution in [2.45, 2.75) is 26.9 Å². The van der Waals surface area contributed by atoms with Crippen LogP contribution in [0.5, 0.6) is 0 Å². The van der Waals surface area contributed by atoms with E-state index in [4.69, 9.17) is 0 Å². The summed E-state index contributed by atoms with van der Waals surface area (Å²) in [5.74, 6) is -3.50. The quantitative estimate of drug-likeness (QED) is 0.522. The van der Waals surface area contributed by atoms with Crippen molar-refractivity contribution in [2.75, 3.05) is 0 Å². The number of carboxylic acids is 2. The third-order valence-corrected chi connectivity index (χ3v) is 5.68. The number of carbonyl (C=O) groups is 2. The summed E-state index contributed by atoms with van der Waals surface area (Å²) >= 11 is 6.70. The summed E-state index contributed by atoms with van der Waals surface area (Å²) in [5, 5.41) is 36.2. The van der Waals surface area contributed by atoms with Crippen molar-refractivity contribution >= 4 is 54.7 Å². The highest BCUT2D eigenvalue weighted by atomic mass is 79.9. The first kappa shape index (κ1) is 18.9. The minimum absolute atomic E-state index is 0.0438. The second kappa shape index (κ2) is 6.81. The highest BCUT2D eigenvalue weighted by molar-refractivity contribution is 9.11. The van der Waals surface area contributed by atoms with Gasteiger partial charge in [0.05, 0.1) is 23.5 Å². The van der Waals surface area contributed by atoms with Crippen LogP contribution in [0.25, 0.3) is 10.9 Å². The minimum atomic E-state index is -1.53. The largest absolute Gasteiger partial charge is 0.481 e. The zero-order valence-corrected chi connectivity index (χ0v) is 16.1. The van der Waals surface area contributed by atoms with Crippen molar-refractivity contribution < 1.29 is 24.9 Å². The van der Waals surface area contributed by atoms with Gasteiger partial charge >= 0.3 is 11.9 Å². The Labute approximate surface area is 154 Å². The van der Waals surface area contributed by atoms with Gasteiger partial charge in [-0.15, -0.1) is 0 Å². The summed E-state index contributed by atoms with van der Waals surface area (Å²) in [6.07, 6.45) is -0.0438. The Morgan fingerprint density at radius 1 is 1.38 bits per heavy atom.